The van der Waals surface area contributed by atoms with E-state index in [1.54, 1.807) is 13.8 Å². The number of halogens is 1. The van der Waals surface area contributed by atoms with E-state index in [2.05, 4.69) is 20.7 Å². The molecular weight excluding hydrogens is 280 g/mol. The summed E-state index contributed by atoms with van der Waals surface area (Å²) in [6, 6.07) is 0. The van der Waals surface area contributed by atoms with Crippen molar-refractivity contribution >= 4 is 27.7 Å². The fraction of sp³-hybridized carbons (Fsp3) is 0.800. The van der Waals surface area contributed by atoms with E-state index in [1.165, 1.54) is 0 Å². The molecule has 16 heavy (non-hydrogen) atoms. The van der Waals surface area contributed by atoms with Crippen LogP contribution in [0.2, 0.25) is 0 Å². The first-order chi connectivity index (χ1) is 7.56. The largest absolute Gasteiger partial charge is 0.460 e. The van der Waals surface area contributed by atoms with E-state index < -0.39 is 22.4 Å². The van der Waals surface area contributed by atoms with E-state index in [0.717, 1.165) is 0 Å². The van der Waals surface area contributed by atoms with Crippen LogP contribution < -0.4 is 0 Å². The maximum absolute atomic E-state index is 11.9. The number of hydrogen-bond donors (Lipinski definition) is 0. The molecule has 0 unspecified atom stereocenters. The van der Waals surface area contributed by atoms with E-state index in [4.69, 9.17) is 9.47 Å². The maximum Gasteiger partial charge on any atom is 0.376 e. The average Bonchev–Trinajstić information content (AvgIpc) is 2.62. The van der Waals surface area contributed by atoms with Crippen LogP contribution in [0.15, 0.2) is 0 Å². The van der Waals surface area contributed by atoms with Gasteiger partial charge in [0.05, 0.1) is 13.2 Å². The first-order valence-corrected chi connectivity index (χ1v) is 5.99. The molecule has 5 nitrogen and oxygen atoms in total. The minimum atomic E-state index is -1.10. The molecule has 0 aromatic heterocycles. The van der Waals surface area contributed by atoms with Gasteiger partial charge in [0.1, 0.15) is 4.32 Å². The number of Topliss-reactive ketones (excluding diaryl/α,β-unsaturated/α-hetero) is 1. The van der Waals surface area contributed by atoms with Gasteiger partial charge in [0.15, 0.2) is 6.29 Å². The molecule has 0 spiro atoms. The average molecular weight is 295 g/mol. The summed E-state index contributed by atoms with van der Waals surface area (Å²) < 4.78 is 14.1. The molecule has 1 saturated heterocycles. The highest BCUT2D eigenvalue weighted by molar-refractivity contribution is 9.10. The van der Waals surface area contributed by atoms with Gasteiger partial charge in [-0.25, -0.2) is 4.79 Å². The zero-order valence-corrected chi connectivity index (χ0v) is 10.9. The quantitative estimate of drug-likeness (QED) is 0.431. The second kappa shape index (κ2) is 5.75. The summed E-state index contributed by atoms with van der Waals surface area (Å²) in [6.07, 6.45) is -0.329. The molecule has 1 aliphatic rings. The number of rotatable bonds is 5. The zero-order valence-electron chi connectivity index (χ0n) is 9.32. The Balaban J connectivity index is 2.74. The normalized spacial score (nSPS) is 29.1. The molecule has 1 heterocycles. The van der Waals surface area contributed by atoms with Gasteiger partial charge in [-0.3, -0.25) is 4.79 Å². The Bertz CT molecular complexity index is 280. The van der Waals surface area contributed by atoms with Crippen LogP contribution in [0.3, 0.4) is 0 Å². The van der Waals surface area contributed by atoms with Crippen LogP contribution in [0.25, 0.3) is 0 Å². The standard InChI is InChI=1S/C10H15BrO5/c1-3-14-8(13)7(12)10(11)5-6-16-9(10)15-4-2/h9H,3-6H2,1-2H3/t9-,10+/m1/s1. The molecule has 2 atom stereocenters. The van der Waals surface area contributed by atoms with Crippen molar-refractivity contribution in [2.75, 3.05) is 19.8 Å². The van der Waals surface area contributed by atoms with Crippen LogP contribution in [-0.2, 0) is 23.8 Å². The Morgan fingerprint density at radius 2 is 2.12 bits per heavy atom. The van der Waals surface area contributed by atoms with Crippen molar-refractivity contribution in [3.63, 3.8) is 0 Å². The van der Waals surface area contributed by atoms with Crippen LogP contribution in [0.4, 0.5) is 0 Å². The molecular formula is C10H15BrO5. The Kier molecular flexibility index (Phi) is 4.89. The van der Waals surface area contributed by atoms with Crippen molar-refractivity contribution in [2.24, 2.45) is 0 Å². The molecule has 0 amide bonds. The molecule has 0 saturated carbocycles. The van der Waals surface area contributed by atoms with E-state index >= 15 is 0 Å². The van der Waals surface area contributed by atoms with E-state index in [9.17, 15) is 9.59 Å². The highest BCUT2D eigenvalue weighted by atomic mass is 79.9. The lowest BCUT2D eigenvalue weighted by molar-refractivity contribution is -0.161. The first kappa shape index (κ1) is 13.6. The summed E-state index contributed by atoms with van der Waals surface area (Å²) in [6.45, 7) is 4.41. The van der Waals surface area contributed by atoms with Gasteiger partial charge in [0.25, 0.3) is 5.78 Å². The smallest absolute Gasteiger partial charge is 0.376 e. The van der Waals surface area contributed by atoms with Gasteiger partial charge in [0.2, 0.25) is 0 Å². The topological polar surface area (TPSA) is 61.8 Å². The van der Waals surface area contributed by atoms with Crippen molar-refractivity contribution in [3.8, 4) is 0 Å². The van der Waals surface area contributed by atoms with Crippen molar-refractivity contribution in [3.05, 3.63) is 0 Å². The summed E-state index contributed by atoms with van der Waals surface area (Å²) in [5, 5.41) is 0. The van der Waals surface area contributed by atoms with Crippen LogP contribution in [0.5, 0.6) is 0 Å². The predicted molar refractivity (Wildman–Crippen MR) is 59.3 cm³/mol. The zero-order chi connectivity index (χ0) is 12.2. The Hall–Kier alpha value is -0.460. The molecule has 1 rings (SSSR count). The number of ether oxygens (including phenoxy) is 3. The van der Waals surface area contributed by atoms with E-state index in [0.29, 0.717) is 19.6 Å². The van der Waals surface area contributed by atoms with Crippen LogP contribution in [0.1, 0.15) is 20.3 Å². The second-order valence-electron chi connectivity index (χ2n) is 3.32. The molecule has 0 N–H and O–H groups in total. The fourth-order valence-electron chi connectivity index (χ4n) is 1.48. The monoisotopic (exact) mass is 294 g/mol. The number of ketones is 1. The van der Waals surface area contributed by atoms with Crippen molar-refractivity contribution in [1.29, 1.82) is 0 Å². The molecule has 0 aromatic rings. The van der Waals surface area contributed by atoms with Gasteiger partial charge in [0, 0.05) is 6.61 Å². The summed E-state index contributed by atoms with van der Waals surface area (Å²) >= 11 is 3.25. The highest BCUT2D eigenvalue weighted by Gasteiger charge is 2.52. The SMILES string of the molecule is CCOC(=O)C(=O)[C@@]1(Br)CCO[C@H]1OCC. The van der Waals surface area contributed by atoms with Crippen molar-refractivity contribution in [1.82, 2.24) is 0 Å². The molecule has 6 heteroatoms. The third-order valence-corrected chi connectivity index (χ3v) is 3.40. The van der Waals surface area contributed by atoms with Gasteiger partial charge >= 0.3 is 5.97 Å². The number of alkyl halides is 1. The first-order valence-electron chi connectivity index (χ1n) is 5.20. The van der Waals surface area contributed by atoms with E-state index in [1.807, 2.05) is 0 Å². The third-order valence-electron chi connectivity index (χ3n) is 2.27. The molecule has 0 radical (unpaired) electrons. The third kappa shape index (κ3) is 2.61. The Morgan fingerprint density at radius 1 is 1.44 bits per heavy atom. The van der Waals surface area contributed by atoms with Gasteiger partial charge < -0.3 is 14.2 Å². The minimum absolute atomic E-state index is 0.174. The summed E-state index contributed by atoms with van der Waals surface area (Å²) in [4.78, 5) is 23.2. The lowest BCUT2D eigenvalue weighted by Gasteiger charge is -2.24. The Labute approximate surface area is 103 Å². The minimum Gasteiger partial charge on any atom is -0.460 e. The molecule has 0 bridgehead atoms. The molecule has 0 aliphatic carbocycles. The highest BCUT2D eigenvalue weighted by Crippen LogP contribution is 2.36. The number of hydrogen-bond acceptors (Lipinski definition) is 5. The van der Waals surface area contributed by atoms with Gasteiger partial charge in [-0.15, -0.1) is 0 Å². The fourth-order valence-corrected chi connectivity index (χ4v) is 2.07. The van der Waals surface area contributed by atoms with Crippen LogP contribution in [0, 0.1) is 0 Å². The van der Waals surface area contributed by atoms with Gasteiger partial charge in [-0.1, -0.05) is 15.9 Å². The summed E-state index contributed by atoms with van der Waals surface area (Å²) in [7, 11) is 0. The molecule has 1 aliphatic heterocycles. The maximum atomic E-state index is 11.9. The summed E-state index contributed by atoms with van der Waals surface area (Å²) in [5.41, 5.74) is 0. The lowest BCUT2D eigenvalue weighted by Crippen LogP contribution is -2.46. The van der Waals surface area contributed by atoms with Crippen LogP contribution in [-0.4, -0.2) is 42.2 Å². The van der Waals surface area contributed by atoms with Crippen LogP contribution >= 0.6 is 15.9 Å². The Morgan fingerprint density at radius 3 is 2.69 bits per heavy atom. The second-order valence-corrected chi connectivity index (χ2v) is 4.74. The molecule has 1 fully saturated rings. The van der Waals surface area contributed by atoms with Gasteiger partial charge in [-0.2, -0.15) is 0 Å². The number of carbonyl (C=O) groups is 2. The molecule has 92 valence electrons. The van der Waals surface area contributed by atoms with Crippen molar-refractivity contribution in [2.45, 2.75) is 30.9 Å². The van der Waals surface area contributed by atoms with Crippen molar-refractivity contribution < 1.29 is 23.8 Å². The number of esters is 1. The van der Waals surface area contributed by atoms with Gasteiger partial charge in [-0.05, 0) is 20.3 Å². The predicted octanol–water partition coefficient (Wildman–Crippen LogP) is 1.04. The van der Waals surface area contributed by atoms with E-state index in [-0.39, 0.29) is 6.61 Å². The lowest BCUT2D eigenvalue weighted by atomic mass is 10.0. The number of carbonyl (C=O) groups excluding carboxylic acids is 2. The molecule has 0 aromatic carbocycles. The summed E-state index contributed by atoms with van der Waals surface area (Å²) in [5.74, 6) is -1.50.